The lowest BCUT2D eigenvalue weighted by atomic mass is 10.0. The Morgan fingerprint density at radius 1 is 1.06 bits per heavy atom. The molecule has 3 aromatic rings. The van der Waals surface area contributed by atoms with Gasteiger partial charge in [-0.15, -0.1) is 0 Å². The van der Waals surface area contributed by atoms with E-state index in [1.807, 2.05) is 36.1 Å². The number of aryl methyl sites for hydroxylation is 1. The summed E-state index contributed by atoms with van der Waals surface area (Å²) in [5.74, 6) is 1.67. The van der Waals surface area contributed by atoms with Gasteiger partial charge < -0.3 is 15.0 Å². The lowest BCUT2D eigenvalue weighted by molar-refractivity contribution is 0.193. The fourth-order valence-electron chi connectivity index (χ4n) is 4.27. The summed E-state index contributed by atoms with van der Waals surface area (Å²) in [4.78, 5) is 23.1. The van der Waals surface area contributed by atoms with Gasteiger partial charge in [-0.1, -0.05) is 54.1 Å². The maximum atomic E-state index is 12.7. The average Bonchev–Trinajstić information content (AvgIpc) is 3.61. The second kappa shape index (κ2) is 9.45. The summed E-state index contributed by atoms with van der Waals surface area (Å²) in [7, 11) is 0. The Hall–Kier alpha value is -3.67. The molecule has 6 nitrogen and oxygen atoms in total. The van der Waals surface area contributed by atoms with Crippen molar-refractivity contribution in [1.29, 1.82) is 0 Å². The van der Waals surface area contributed by atoms with Gasteiger partial charge in [-0.05, 0) is 49.4 Å². The van der Waals surface area contributed by atoms with Crippen LogP contribution in [-0.4, -0.2) is 40.0 Å². The minimum absolute atomic E-state index is 0.0621. The molecule has 5 rings (SSSR count). The number of nitrogens with zero attached hydrogens (tertiary/aromatic N) is 3. The molecule has 6 heteroatoms. The predicted octanol–water partition coefficient (Wildman–Crippen LogP) is 5.32. The molecule has 2 aromatic carbocycles. The summed E-state index contributed by atoms with van der Waals surface area (Å²) in [5, 5.41) is 3.21. The molecule has 1 N–H and O–H groups in total. The van der Waals surface area contributed by atoms with Crippen LogP contribution in [0.3, 0.4) is 0 Å². The summed E-state index contributed by atoms with van der Waals surface area (Å²) < 4.78 is 5.83. The van der Waals surface area contributed by atoms with Gasteiger partial charge in [0, 0.05) is 25.0 Å². The van der Waals surface area contributed by atoms with Gasteiger partial charge in [0.1, 0.15) is 5.75 Å². The Morgan fingerprint density at radius 3 is 2.64 bits per heavy atom. The van der Waals surface area contributed by atoms with Gasteiger partial charge in [0.2, 0.25) is 5.88 Å². The number of piperidine rings is 1. The largest absolute Gasteiger partial charge is 0.437 e. The molecule has 2 atom stereocenters. The molecule has 2 heterocycles. The molecule has 2 fully saturated rings. The summed E-state index contributed by atoms with van der Waals surface area (Å²) in [6.07, 6.45) is 8.32. The second-order valence-corrected chi connectivity index (χ2v) is 8.77. The Bertz CT molecular complexity index is 1130. The van der Waals surface area contributed by atoms with Crippen molar-refractivity contribution in [1.82, 2.24) is 20.2 Å². The van der Waals surface area contributed by atoms with E-state index in [-0.39, 0.29) is 12.1 Å². The first-order valence-corrected chi connectivity index (χ1v) is 11.5. The summed E-state index contributed by atoms with van der Waals surface area (Å²) >= 11 is 0. The number of urea groups is 1. The van der Waals surface area contributed by atoms with E-state index in [0.717, 1.165) is 49.4 Å². The number of nitrogens with one attached hydrogen (secondary N) is 1. The molecule has 2 aliphatic rings. The highest BCUT2D eigenvalue weighted by Crippen LogP contribution is 2.40. The Kier molecular flexibility index (Phi) is 6.07. The van der Waals surface area contributed by atoms with Crippen LogP contribution >= 0.6 is 0 Å². The number of aromatic nitrogens is 2. The molecule has 33 heavy (non-hydrogen) atoms. The topological polar surface area (TPSA) is 67.3 Å². The van der Waals surface area contributed by atoms with Crippen molar-refractivity contribution in [2.45, 2.75) is 38.1 Å². The van der Waals surface area contributed by atoms with Crippen molar-refractivity contribution in [2.75, 3.05) is 13.1 Å². The predicted molar refractivity (Wildman–Crippen MR) is 128 cm³/mol. The maximum Gasteiger partial charge on any atom is 0.317 e. The number of rotatable bonds is 5. The van der Waals surface area contributed by atoms with Crippen molar-refractivity contribution < 1.29 is 9.53 Å². The zero-order chi connectivity index (χ0) is 22.6. The van der Waals surface area contributed by atoms with Gasteiger partial charge in [-0.2, -0.15) is 0 Å². The minimum Gasteiger partial charge on any atom is -0.437 e. The molecule has 0 radical (unpaired) electrons. The van der Waals surface area contributed by atoms with E-state index in [1.165, 1.54) is 11.1 Å². The molecule has 1 saturated heterocycles. The SMILES string of the molecule is Cc1cnc(Oc2cccc(C=C3CCN(C(=O)NC4C[C@H]4c4ccccc4)CC3)c2)cn1. The van der Waals surface area contributed by atoms with Crippen molar-refractivity contribution in [2.24, 2.45) is 0 Å². The van der Waals surface area contributed by atoms with E-state index in [9.17, 15) is 4.79 Å². The van der Waals surface area contributed by atoms with Crippen LogP contribution < -0.4 is 10.1 Å². The summed E-state index contributed by atoms with van der Waals surface area (Å²) in [6, 6.07) is 18.7. The molecular formula is C27H28N4O2. The highest BCUT2D eigenvalue weighted by Gasteiger charge is 2.40. The number of carbonyl (C=O) groups is 1. The molecule has 1 aliphatic heterocycles. The molecule has 1 saturated carbocycles. The standard InChI is InChI=1S/C27H28N4O2/c1-19-17-29-26(18-28-19)33-23-9-5-6-21(15-23)14-20-10-12-31(13-11-20)27(32)30-25-16-24(25)22-7-3-2-4-8-22/h2-9,14-15,17-18,24-25H,10-13,16H2,1H3,(H,30,32)/t24-,25?/m0/s1. The van der Waals surface area contributed by atoms with Crippen LogP contribution in [0.1, 0.15) is 42.0 Å². The number of hydrogen-bond donors (Lipinski definition) is 1. The van der Waals surface area contributed by atoms with E-state index < -0.39 is 0 Å². The van der Waals surface area contributed by atoms with Crippen LogP contribution in [0, 0.1) is 6.92 Å². The first-order chi connectivity index (χ1) is 16.1. The van der Waals surface area contributed by atoms with Crippen LogP contribution in [0.2, 0.25) is 0 Å². The molecule has 168 valence electrons. The number of benzene rings is 2. The number of likely N-dealkylation sites (tertiary alicyclic amines) is 1. The van der Waals surface area contributed by atoms with E-state index >= 15 is 0 Å². The van der Waals surface area contributed by atoms with Gasteiger partial charge in [-0.3, -0.25) is 4.98 Å². The molecule has 2 amide bonds. The first-order valence-electron chi connectivity index (χ1n) is 11.5. The highest BCUT2D eigenvalue weighted by atomic mass is 16.5. The van der Waals surface area contributed by atoms with Crippen LogP contribution in [-0.2, 0) is 0 Å². The lowest BCUT2D eigenvalue weighted by Crippen LogP contribution is -2.44. The van der Waals surface area contributed by atoms with E-state index in [4.69, 9.17) is 4.74 Å². The summed E-state index contributed by atoms with van der Waals surface area (Å²) in [5.41, 5.74) is 4.60. The molecule has 0 spiro atoms. The quantitative estimate of drug-likeness (QED) is 0.583. The third-order valence-electron chi connectivity index (χ3n) is 6.23. The minimum atomic E-state index is 0.0621. The van der Waals surface area contributed by atoms with Gasteiger partial charge in [-0.25, -0.2) is 9.78 Å². The van der Waals surface area contributed by atoms with Crippen LogP contribution in [0.15, 0.2) is 72.6 Å². The lowest BCUT2D eigenvalue weighted by Gasteiger charge is -2.28. The number of hydrogen-bond acceptors (Lipinski definition) is 4. The number of ether oxygens (including phenoxy) is 1. The monoisotopic (exact) mass is 440 g/mol. The first kappa shape index (κ1) is 21.2. The van der Waals surface area contributed by atoms with Gasteiger partial charge >= 0.3 is 6.03 Å². The van der Waals surface area contributed by atoms with Crippen molar-refractivity contribution in [3.05, 3.63) is 89.4 Å². The summed E-state index contributed by atoms with van der Waals surface area (Å²) in [6.45, 7) is 3.39. The third kappa shape index (κ3) is 5.40. The second-order valence-electron chi connectivity index (χ2n) is 8.77. The molecular weight excluding hydrogens is 412 g/mol. The fraction of sp³-hybridized carbons (Fsp3) is 0.296. The molecule has 1 aromatic heterocycles. The molecule has 1 unspecified atom stereocenters. The van der Waals surface area contributed by atoms with Gasteiger partial charge in [0.15, 0.2) is 0 Å². The maximum absolute atomic E-state index is 12.7. The number of carbonyl (C=O) groups excluding carboxylic acids is 1. The van der Waals surface area contributed by atoms with Gasteiger partial charge in [0.25, 0.3) is 0 Å². The van der Waals surface area contributed by atoms with Crippen molar-refractivity contribution >= 4 is 12.1 Å². The van der Waals surface area contributed by atoms with Crippen molar-refractivity contribution in [3.63, 3.8) is 0 Å². The van der Waals surface area contributed by atoms with E-state index in [1.54, 1.807) is 12.4 Å². The zero-order valence-electron chi connectivity index (χ0n) is 18.8. The van der Waals surface area contributed by atoms with Crippen LogP contribution in [0.4, 0.5) is 4.79 Å². The highest BCUT2D eigenvalue weighted by molar-refractivity contribution is 5.75. The van der Waals surface area contributed by atoms with Crippen molar-refractivity contribution in [3.8, 4) is 11.6 Å². The molecule has 1 aliphatic carbocycles. The number of amides is 2. The molecule has 0 bridgehead atoms. The zero-order valence-corrected chi connectivity index (χ0v) is 18.8. The van der Waals surface area contributed by atoms with Crippen LogP contribution in [0.25, 0.3) is 6.08 Å². The van der Waals surface area contributed by atoms with E-state index in [2.05, 4.69) is 51.7 Å². The smallest absolute Gasteiger partial charge is 0.317 e. The average molecular weight is 441 g/mol. The Labute approximate surface area is 194 Å². The fourth-order valence-corrected chi connectivity index (χ4v) is 4.27. The van der Waals surface area contributed by atoms with Crippen LogP contribution in [0.5, 0.6) is 11.6 Å². The normalized spacial score (nSPS) is 19.7. The Morgan fingerprint density at radius 2 is 1.88 bits per heavy atom. The van der Waals surface area contributed by atoms with Gasteiger partial charge in [0.05, 0.1) is 18.1 Å². The third-order valence-corrected chi connectivity index (χ3v) is 6.23. The van der Waals surface area contributed by atoms with E-state index in [0.29, 0.717) is 11.8 Å². The Balaban J connectivity index is 1.13.